The van der Waals surface area contributed by atoms with E-state index < -0.39 is 0 Å². The van der Waals surface area contributed by atoms with Crippen molar-refractivity contribution in [3.05, 3.63) is 18.7 Å². The summed E-state index contributed by atoms with van der Waals surface area (Å²) >= 11 is 0. The Morgan fingerprint density at radius 2 is 2.56 bits per heavy atom. The molecule has 1 aromatic rings. The summed E-state index contributed by atoms with van der Waals surface area (Å²) in [6.07, 6.45) is 7.75. The van der Waals surface area contributed by atoms with Crippen LogP contribution in [0.2, 0.25) is 0 Å². The first-order valence-electron chi connectivity index (χ1n) is 5.57. The highest BCUT2D eigenvalue weighted by atomic mass is 16.6. The van der Waals surface area contributed by atoms with Crippen LogP contribution in [-0.2, 0) is 20.8 Å². The summed E-state index contributed by atoms with van der Waals surface area (Å²) < 4.78 is 12.3. The lowest BCUT2D eigenvalue weighted by Crippen LogP contribution is -2.18. The van der Waals surface area contributed by atoms with Gasteiger partial charge in [-0.1, -0.05) is 0 Å². The minimum Gasteiger partial charge on any atom is -0.463 e. The fraction of sp³-hybridized carbons (Fsp3) is 0.636. The number of rotatable bonds is 5. The number of nitrogens with zero attached hydrogens (tertiary/aromatic N) is 2. The smallest absolute Gasteiger partial charge is 0.307 e. The molecule has 1 saturated heterocycles. The van der Waals surface area contributed by atoms with Gasteiger partial charge in [0.2, 0.25) is 0 Å². The van der Waals surface area contributed by atoms with E-state index in [2.05, 4.69) is 4.98 Å². The van der Waals surface area contributed by atoms with Gasteiger partial charge < -0.3 is 14.0 Å². The quantitative estimate of drug-likeness (QED) is 0.700. The van der Waals surface area contributed by atoms with E-state index in [-0.39, 0.29) is 12.1 Å². The molecule has 0 bridgehead atoms. The van der Waals surface area contributed by atoms with Crippen LogP contribution in [0.4, 0.5) is 0 Å². The third kappa shape index (κ3) is 3.34. The van der Waals surface area contributed by atoms with Crippen LogP contribution in [0.5, 0.6) is 0 Å². The van der Waals surface area contributed by atoms with Gasteiger partial charge in [-0.3, -0.25) is 4.79 Å². The first-order valence-corrected chi connectivity index (χ1v) is 5.57. The molecule has 1 unspecified atom stereocenters. The predicted octanol–water partition coefficient (Wildman–Crippen LogP) is 0.995. The first-order chi connectivity index (χ1) is 7.84. The minimum absolute atomic E-state index is 0.109. The lowest BCUT2D eigenvalue weighted by Gasteiger charge is -2.10. The van der Waals surface area contributed by atoms with Gasteiger partial charge in [0, 0.05) is 25.5 Å². The number of esters is 1. The highest BCUT2D eigenvalue weighted by Gasteiger charge is 2.17. The number of ether oxygens (including phenoxy) is 2. The normalized spacial score (nSPS) is 19.9. The van der Waals surface area contributed by atoms with Crippen molar-refractivity contribution in [1.29, 1.82) is 0 Å². The van der Waals surface area contributed by atoms with E-state index in [0.717, 1.165) is 19.4 Å². The molecule has 0 radical (unpaired) electrons. The maximum absolute atomic E-state index is 11.4. The summed E-state index contributed by atoms with van der Waals surface area (Å²) in [6, 6.07) is 0. The minimum atomic E-state index is -0.177. The number of imidazole rings is 1. The molecule has 1 aliphatic rings. The van der Waals surface area contributed by atoms with Gasteiger partial charge in [-0.25, -0.2) is 4.98 Å². The van der Waals surface area contributed by atoms with Crippen LogP contribution in [0, 0.1) is 0 Å². The maximum atomic E-state index is 11.4. The van der Waals surface area contributed by atoms with E-state index >= 15 is 0 Å². The van der Waals surface area contributed by atoms with Crippen molar-refractivity contribution in [3.8, 4) is 0 Å². The van der Waals surface area contributed by atoms with Crippen molar-refractivity contribution in [2.45, 2.75) is 31.9 Å². The first kappa shape index (κ1) is 11.1. The van der Waals surface area contributed by atoms with Gasteiger partial charge in [-0.05, 0) is 12.8 Å². The lowest BCUT2D eigenvalue weighted by atomic mass is 10.2. The summed E-state index contributed by atoms with van der Waals surface area (Å²) in [6.45, 7) is 1.80. The van der Waals surface area contributed by atoms with E-state index in [1.165, 1.54) is 0 Å². The molecular weight excluding hydrogens is 208 g/mol. The molecule has 2 rings (SSSR count). The average Bonchev–Trinajstić information content (AvgIpc) is 2.96. The molecule has 5 heteroatoms. The molecule has 2 heterocycles. The molecule has 1 aliphatic heterocycles. The number of aryl methyl sites for hydroxylation is 1. The van der Waals surface area contributed by atoms with Crippen molar-refractivity contribution in [2.24, 2.45) is 0 Å². The van der Waals surface area contributed by atoms with Crippen LogP contribution < -0.4 is 0 Å². The van der Waals surface area contributed by atoms with Gasteiger partial charge in [0.15, 0.2) is 0 Å². The van der Waals surface area contributed by atoms with Crippen LogP contribution in [0.25, 0.3) is 0 Å². The molecule has 0 aromatic carbocycles. The third-order valence-electron chi connectivity index (χ3n) is 2.59. The highest BCUT2D eigenvalue weighted by Crippen LogP contribution is 2.12. The summed E-state index contributed by atoms with van der Waals surface area (Å²) in [7, 11) is 0. The number of aromatic nitrogens is 2. The topological polar surface area (TPSA) is 53.4 Å². The molecule has 1 atom stereocenters. The van der Waals surface area contributed by atoms with Gasteiger partial charge in [0.25, 0.3) is 0 Å². The fourth-order valence-electron chi connectivity index (χ4n) is 1.67. The van der Waals surface area contributed by atoms with Gasteiger partial charge in [0.05, 0.1) is 18.9 Å². The Morgan fingerprint density at radius 1 is 1.62 bits per heavy atom. The summed E-state index contributed by atoms with van der Waals surface area (Å²) in [5.74, 6) is -0.177. The molecule has 0 N–H and O–H groups in total. The Bertz CT molecular complexity index is 318. The second-order valence-electron chi connectivity index (χ2n) is 3.87. The number of hydrogen-bond donors (Lipinski definition) is 0. The zero-order chi connectivity index (χ0) is 11.2. The van der Waals surface area contributed by atoms with Crippen molar-refractivity contribution in [3.63, 3.8) is 0 Å². The van der Waals surface area contributed by atoms with E-state index in [0.29, 0.717) is 19.6 Å². The van der Waals surface area contributed by atoms with Gasteiger partial charge >= 0.3 is 5.97 Å². The molecule has 88 valence electrons. The Kier molecular flexibility index (Phi) is 3.93. The van der Waals surface area contributed by atoms with E-state index in [1.54, 1.807) is 12.5 Å². The van der Waals surface area contributed by atoms with Gasteiger partial charge in [-0.2, -0.15) is 0 Å². The van der Waals surface area contributed by atoms with E-state index in [4.69, 9.17) is 9.47 Å². The number of carbonyl (C=O) groups excluding carboxylic acids is 1. The van der Waals surface area contributed by atoms with Crippen LogP contribution >= 0.6 is 0 Å². The molecule has 1 aromatic heterocycles. The molecule has 1 fully saturated rings. The summed E-state index contributed by atoms with van der Waals surface area (Å²) in [5, 5.41) is 0. The predicted molar refractivity (Wildman–Crippen MR) is 56.8 cm³/mol. The summed E-state index contributed by atoms with van der Waals surface area (Å²) in [5.41, 5.74) is 0. The Hall–Kier alpha value is -1.36. The van der Waals surface area contributed by atoms with E-state index in [1.807, 2.05) is 10.8 Å². The van der Waals surface area contributed by atoms with Crippen molar-refractivity contribution >= 4 is 5.97 Å². The second kappa shape index (κ2) is 5.65. The van der Waals surface area contributed by atoms with Gasteiger partial charge in [-0.15, -0.1) is 0 Å². The highest BCUT2D eigenvalue weighted by molar-refractivity contribution is 5.69. The number of hydrogen-bond acceptors (Lipinski definition) is 4. The van der Waals surface area contributed by atoms with Crippen molar-refractivity contribution in [1.82, 2.24) is 9.55 Å². The summed E-state index contributed by atoms with van der Waals surface area (Å²) in [4.78, 5) is 15.3. The maximum Gasteiger partial charge on any atom is 0.307 e. The van der Waals surface area contributed by atoms with Crippen LogP contribution in [-0.4, -0.2) is 34.8 Å². The van der Waals surface area contributed by atoms with Crippen LogP contribution in [0.15, 0.2) is 18.7 Å². The largest absolute Gasteiger partial charge is 0.463 e. The van der Waals surface area contributed by atoms with Crippen LogP contribution in [0.3, 0.4) is 0 Å². The molecule has 0 amide bonds. The molecule has 0 aliphatic carbocycles. The van der Waals surface area contributed by atoms with Gasteiger partial charge in [0.1, 0.15) is 6.61 Å². The average molecular weight is 224 g/mol. The zero-order valence-corrected chi connectivity index (χ0v) is 9.17. The SMILES string of the molecule is O=C(CCn1ccnc1)OCC1CCCO1. The van der Waals surface area contributed by atoms with Crippen molar-refractivity contribution in [2.75, 3.05) is 13.2 Å². The lowest BCUT2D eigenvalue weighted by molar-refractivity contribution is -0.147. The Balaban J connectivity index is 1.60. The molecular formula is C11H16N2O3. The molecule has 5 nitrogen and oxygen atoms in total. The van der Waals surface area contributed by atoms with Crippen LogP contribution in [0.1, 0.15) is 19.3 Å². The fourth-order valence-corrected chi connectivity index (χ4v) is 1.67. The molecule has 16 heavy (non-hydrogen) atoms. The third-order valence-corrected chi connectivity index (χ3v) is 2.59. The second-order valence-corrected chi connectivity index (χ2v) is 3.87. The molecule has 0 spiro atoms. The Morgan fingerprint density at radius 3 is 3.25 bits per heavy atom. The number of carbonyl (C=O) groups is 1. The van der Waals surface area contributed by atoms with Crippen molar-refractivity contribution < 1.29 is 14.3 Å². The van der Waals surface area contributed by atoms with E-state index in [9.17, 15) is 4.79 Å². The Labute approximate surface area is 94.4 Å². The zero-order valence-electron chi connectivity index (χ0n) is 9.17. The monoisotopic (exact) mass is 224 g/mol. The molecule has 0 saturated carbocycles. The standard InChI is InChI=1S/C11H16N2O3/c14-11(3-5-13-6-4-12-9-13)16-8-10-2-1-7-15-10/h4,6,9-10H,1-3,5,7-8H2.